The minimum Gasteiger partial charge on any atom is -0.311 e. The quantitative estimate of drug-likeness (QED) is 0.130. The van der Waals surface area contributed by atoms with Crippen LogP contribution in [0.5, 0.6) is 0 Å². The Hall–Kier alpha value is -7.38. The molecule has 0 atom stereocenters. The molecule has 0 fully saturated rings. The van der Waals surface area contributed by atoms with Crippen molar-refractivity contribution in [2.24, 2.45) is 0 Å². The first-order valence-electron chi connectivity index (χ1n) is 19.9. The van der Waals surface area contributed by atoms with E-state index in [0.29, 0.717) is 0 Å². The Bertz CT molecular complexity index is 2680. The SMILES string of the molecule is c1ccc(N(c2ccccc2)c2ccc(-c3ccc(-c4ccnc(-c5cc(-c6ccc(-c7ccc(N(c8ccccc8)c8ccccc8)cc7)s6)ccn5)c4)s3)cc2)cc1. The van der Waals surface area contributed by atoms with E-state index < -0.39 is 0 Å². The fourth-order valence-electron chi connectivity index (χ4n) is 7.50. The number of hydrogen-bond acceptors (Lipinski definition) is 6. The van der Waals surface area contributed by atoms with Crippen molar-refractivity contribution in [2.75, 3.05) is 9.80 Å². The lowest BCUT2D eigenvalue weighted by atomic mass is 10.1. The zero-order chi connectivity index (χ0) is 40.1. The molecule has 0 saturated heterocycles. The van der Waals surface area contributed by atoms with E-state index >= 15 is 0 Å². The molecule has 0 amide bonds. The van der Waals surface area contributed by atoms with Crippen LogP contribution in [0.25, 0.3) is 53.2 Å². The number of para-hydroxylation sites is 4. The molecule has 60 heavy (non-hydrogen) atoms. The maximum atomic E-state index is 4.77. The largest absolute Gasteiger partial charge is 0.311 e. The van der Waals surface area contributed by atoms with Gasteiger partial charge in [0.05, 0.1) is 11.4 Å². The van der Waals surface area contributed by atoms with Gasteiger partial charge in [0.15, 0.2) is 0 Å². The molecule has 0 spiro atoms. The van der Waals surface area contributed by atoms with Gasteiger partial charge in [-0.1, -0.05) is 97.1 Å². The highest BCUT2D eigenvalue weighted by molar-refractivity contribution is 7.19. The molecule has 0 bridgehead atoms. The fraction of sp³-hybridized carbons (Fsp3) is 0. The van der Waals surface area contributed by atoms with Gasteiger partial charge in [0.1, 0.15) is 0 Å². The summed E-state index contributed by atoms with van der Waals surface area (Å²) in [5.74, 6) is 0. The van der Waals surface area contributed by atoms with Gasteiger partial charge in [-0.25, -0.2) is 0 Å². The second-order valence-corrected chi connectivity index (χ2v) is 16.5. The zero-order valence-electron chi connectivity index (χ0n) is 32.5. The Morgan fingerprint density at radius 2 is 0.550 bits per heavy atom. The summed E-state index contributed by atoms with van der Waals surface area (Å²) >= 11 is 3.58. The van der Waals surface area contributed by atoms with E-state index in [2.05, 4.69) is 228 Å². The van der Waals surface area contributed by atoms with Crippen molar-refractivity contribution in [3.8, 4) is 53.2 Å². The molecule has 0 aliphatic carbocycles. The van der Waals surface area contributed by atoms with E-state index in [-0.39, 0.29) is 0 Å². The molecule has 0 aliphatic heterocycles. The lowest BCUT2D eigenvalue weighted by Crippen LogP contribution is -2.09. The first kappa shape index (κ1) is 36.9. The van der Waals surface area contributed by atoms with Gasteiger partial charge in [0.2, 0.25) is 0 Å². The Labute approximate surface area is 358 Å². The fourth-order valence-corrected chi connectivity index (χ4v) is 9.51. The molecule has 0 unspecified atom stereocenters. The topological polar surface area (TPSA) is 32.3 Å². The van der Waals surface area contributed by atoms with Crippen LogP contribution in [0, 0.1) is 0 Å². The monoisotopic (exact) mass is 806 g/mol. The number of thiophene rings is 2. The van der Waals surface area contributed by atoms with Crippen LogP contribution in [-0.2, 0) is 0 Å². The number of pyridine rings is 2. The summed E-state index contributed by atoms with van der Waals surface area (Å²) in [7, 11) is 0. The summed E-state index contributed by atoms with van der Waals surface area (Å²) in [6, 6.07) is 77.0. The van der Waals surface area contributed by atoms with Crippen molar-refractivity contribution in [1.29, 1.82) is 0 Å². The van der Waals surface area contributed by atoms with Crippen LogP contribution in [-0.4, -0.2) is 9.97 Å². The van der Waals surface area contributed by atoms with E-state index in [0.717, 1.165) is 56.6 Å². The first-order valence-corrected chi connectivity index (χ1v) is 21.5. The molecule has 4 aromatic heterocycles. The van der Waals surface area contributed by atoms with Crippen LogP contribution in [0.1, 0.15) is 0 Å². The maximum Gasteiger partial charge on any atom is 0.0892 e. The number of anilines is 6. The van der Waals surface area contributed by atoms with Crippen molar-refractivity contribution >= 4 is 56.8 Å². The maximum absolute atomic E-state index is 4.77. The lowest BCUT2D eigenvalue weighted by Gasteiger charge is -2.25. The molecule has 10 aromatic rings. The molecule has 10 rings (SSSR count). The first-order chi connectivity index (χ1) is 29.7. The molecule has 0 saturated carbocycles. The van der Waals surface area contributed by atoms with E-state index in [1.54, 1.807) is 22.7 Å². The number of nitrogens with zero attached hydrogens (tertiary/aromatic N) is 4. The van der Waals surface area contributed by atoms with Crippen molar-refractivity contribution in [3.05, 3.63) is 231 Å². The minimum absolute atomic E-state index is 0.851. The van der Waals surface area contributed by atoms with E-state index in [1.807, 2.05) is 12.4 Å². The third-order valence-corrected chi connectivity index (χ3v) is 12.8. The smallest absolute Gasteiger partial charge is 0.0892 e. The van der Waals surface area contributed by atoms with E-state index in [4.69, 9.17) is 9.97 Å². The van der Waals surface area contributed by atoms with Crippen LogP contribution in [0.15, 0.2) is 231 Å². The van der Waals surface area contributed by atoms with Gasteiger partial charge < -0.3 is 9.80 Å². The Morgan fingerprint density at radius 3 is 0.867 bits per heavy atom. The van der Waals surface area contributed by atoms with Gasteiger partial charge in [0, 0.05) is 66.0 Å². The third-order valence-electron chi connectivity index (χ3n) is 10.4. The molecule has 6 heteroatoms. The predicted octanol–water partition coefficient (Wildman–Crippen LogP) is 15.9. The molecular formula is C54H38N4S2. The molecule has 4 nitrogen and oxygen atoms in total. The van der Waals surface area contributed by atoms with Crippen LogP contribution in [0.3, 0.4) is 0 Å². The van der Waals surface area contributed by atoms with Crippen LogP contribution in [0.2, 0.25) is 0 Å². The van der Waals surface area contributed by atoms with Crippen LogP contribution >= 0.6 is 22.7 Å². The summed E-state index contributed by atoms with van der Waals surface area (Å²) < 4.78 is 0. The van der Waals surface area contributed by atoms with Gasteiger partial charge in [-0.15, -0.1) is 22.7 Å². The Morgan fingerprint density at radius 1 is 0.267 bits per heavy atom. The summed E-state index contributed by atoms with van der Waals surface area (Å²) in [4.78, 5) is 18.9. The summed E-state index contributed by atoms with van der Waals surface area (Å²) in [5, 5.41) is 0. The normalized spacial score (nSPS) is 11.0. The molecule has 0 aliphatic rings. The Balaban J connectivity index is 0.865. The molecule has 0 radical (unpaired) electrons. The average Bonchev–Trinajstić information content (AvgIpc) is 4.04. The van der Waals surface area contributed by atoms with Crippen molar-refractivity contribution < 1.29 is 0 Å². The zero-order valence-corrected chi connectivity index (χ0v) is 34.2. The number of rotatable bonds is 11. The second kappa shape index (κ2) is 16.8. The van der Waals surface area contributed by atoms with Crippen LogP contribution < -0.4 is 9.80 Å². The van der Waals surface area contributed by atoms with Gasteiger partial charge in [0.25, 0.3) is 0 Å². The number of benzene rings is 6. The summed E-state index contributed by atoms with van der Waals surface area (Å²) in [6.07, 6.45) is 3.77. The highest BCUT2D eigenvalue weighted by atomic mass is 32.1. The molecule has 286 valence electrons. The summed E-state index contributed by atoms with van der Waals surface area (Å²) in [5.41, 5.74) is 13.1. The Kier molecular flexibility index (Phi) is 10.4. The molecule has 0 N–H and O–H groups in total. The number of hydrogen-bond donors (Lipinski definition) is 0. The van der Waals surface area contributed by atoms with Gasteiger partial charge >= 0.3 is 0 Å². The highest BCUT2D eigenvalue weighted by Gasteiger charge is 2.15. The predicted molar refractivity (Wildman–Crippen MR) is 254 cm³/mol. The standard InChI is InChI=1S/C54H38N4S2/c1-5-13-43(14-6-1)57(44-15-7-2-8-16-44)47-25-21-39(22-26-47)51-29-31-53(59-51)41-33-35-55-49(37-41)50-38-42(34-36-56-50)54-32-30-52(60-54)40-23-27-48(28-24-40)58(45-17-9-3-10-18-45)46-19-11-4-12-20-46/h1-38H. The molecule has 4 heterocycles. The average molecular weight is 807 g/mol. The van der Waals surface area contributed by atoms with E-state index in [1.165, 1.54) is 30.6 Å². The van der Waals surface area contributed by atoms with Crippen molar-refractivity contribution in [1.82, 2.24) is 9.97 Å². The van der Waals surface area contributed by atoms with Crippen molar-refractivity contribution in [2.45, 2.75) is 0 Å². The minimum atomic E-state index is 0.851. The second-order valence-electron chi connectivity index (χ2n) is 14.3. The van der Waals surface area contributed by atoms with E-state index in [9.17, 15) is 0 Å². The van der Waals surface area contributed by atoms with Gasteiger partial charge in [-0.2, -0.15) is 0 Å². The summed E-state index contributed by atoms with van der Waals surface area (Å²) in [6.45, 7) is 0. The van der Waals surface area contributed by atoms with Gasteiger partial charge in [-0.3, -0.25) is 9.97 Å². The van der Waals surface area contributed by atoms with Crippen molar-refractivity contribution in [3.63, 3.8) is 0 Å². The van der Waals surface area contributed by atoms with Gasteiger partial charge in [-0.05, 0) is 144 Å². The number of aromatic nitrogens is 2. The lowest BCUT2D eigenvalue weighted by molar-refractivity contribution is 1.25. The highest BCUT2D eigenvalue weighted by Crippen LogP contribution is 2.41. The van der Waals surface area contributed by atoms with Crippen LogP contribution in [0.4, 0.5) is 34.1 Å². The molecule has 6 aromatic carbocycles. The third kappa shape index (κ3) is 7.77. The molecular weight excluding hydrogens is 769 g/mol.